The Morgan fingerprint density at radius 3 is 2.43 bits per heavy atom. The lowest BCUT2D eigenvalue weighted by Gasteiger charge is -2.26. The fourth-order valence-corrected chi connectivity index (χ4v) is 2.89. The summed E-state index contributed by atoms with van der Waals surface area (Å²) in [5.74, 6) is 1.07. The molecule has 7 nitrogen and oxygen atoms in total. The van der Waals surface area contributed by atoms with E-state index < -0.39 is 5.60 Å². The number of pyridine rings is 1. The molecular weight excluding hydrogens is 469 g/mol. The summed E-state index contributed by atoms with van der Waals surface area (Å²) in [5.41, 5.74) is 0.0965. The molecule has 1 aromatic heterocycles. The normalized spacial score (nSPS) is 11.5. The first-order chi connectivity index (χ1) is 12.9. The minimum atomic E-state index is -0.764. The highest BCUT2D eigenvalue weighted by Crippen LogP contribution is 2.19. The molecule has 1 amide bonds. The van der Waals surface area contributed by atoms with Crippen LogP contribution in [-0.4, -0.2) is 47.2 Å². The molecule has 0 aromatic carbocycles. The van der Waals surface area contributed by atoms with Crippen LogP contribution in [0.15, 0.2) is 23.2 Å². The summed E-state index contributed by atoms with van der Waals surface area (Å²) in [6, 6.07) is 5.51. The van der Waals surface area contributed by atoms with Gasteiger partial charge in [0.15, 0.2) is 5.96 Å². The van der Waals surface area contributed by atoms with Crippen molar-refractivity contribution in [1.82, 2.24) is 15.6 Å². The first kappa shape index (κ1) is 26.6. The molecule has 1 aromatic rings. The summed E-state index contributed by atoms with van der Waals surface area (Å²) in [7, 11) is 0. The molecular formula is C20H36IN5O2. The van der Waals surface area contributed by atoms with E-state index in [-0.39, 0.29) is 29.9 Å². The van der Waals surface area contributed by atoms with Gasteiger partial charge in [0.05, 0.1) is 12.1 Å². The average Bonchev–Trinajstić information content (AvgIpc) is 2.60. The number of nitrogens with zero attached hydrogens (tertiary/aromatic N) is 2. The van der Waals surface area contributed by atoms with Crippen LogP contribution in [-0.2, 0) is 4.79 Å². The molecule has 0 spiro atoms. The van der Waals surface area contributed by atoms with Gasteiger partial charge in [-0.3, -0.25) is 9.79 Å². The first-order valence-corrected chi connectivity index (χ1v) is 9.90. The molecule has 0 radical (unpaired) electrons. The van der Waals surface area contributed by atoms with Gasteiger partial charge in [0.2, 0.25) is 5.91 Å². The standard InChI is InChI=1S/C20H35N5O2.HI/c1-5-12-20(27,13-6-2)15-23-19(21-7-3)22-14-11-18(26)25-17-10-8-9-16(4)24-17;/h8-10,27H,5-7,11-15H2,1-4H3,(H2,21,22,23)(H,24,25,26);1H. The van der Waals surface area contributed by atoms with Gasteiger partial charge in [-0.1, -0.05) is 32.8 Å². The number of carbonyl (C=O) groups excluding carboxylic acids is 1. The van der Waals surface area contributed by atoms with E-state index in [4.69, 9.17) is 0 Å². The Morgan fingerprint density at radius 2 is 1.86 bits per heavy atom. The van der Waals surface area contributed by atoms with Crippen molar-refractivity contribution in [2.75, 3.05) is 25.0 Å². The van der Waals surface area contributed by atoms with Crippen molar-refractivity contribution >= 4 is 41.7 Å². The van der Waals surface area contributed by atoms with Gasteiger partial charge in [0.1, 0.15) is 5.82 Å². The summed E-state index contributed by atoms with van der Waals surface area (Å²) in [4.78, 5) is 20.8. The molecule has 0 aliphatic carbocycles. The summed E-state index contributed by atoms with van der Waals surface area (Å²) in [5, 5.41) is 19.8. The van der Waals surface area contributed by atoms with Gasteiger partial charge in [-0.05, 0) is 38.8 Å². The second-order valence-electron chi connectivity index (χ2n) is 6.81. The molecule has 0 bridgehead atoms. The van der Waals surface area contributed by atoms with Crippen LogP contribution in [0.2, 0.25) is 0 Å². The van der Waals surface area contributed by atoms with Crippen LogP contribution in [0.4, 0.5) is 5.82 Å². The molecule has 1 rings (SSSR count). The highest BCUT2D eigenvalue weighted by atomic mass is 127. The van der Waals surface area contributed by atoms with Crippen molar-refractivity contribution in [3.63, 3.8) is 0 Å². The number of aryl methyl sites for hydroxylation is 1. The number of rotatable bonds is 11. The van der Waals surface area contributed by atoms with Gasteiger partial charge in [0.25, 0.3) is 0 Å². The average molecular weight is 505 g/mol. The number of hydrogen-bond acceptors (Lipinski definition) is 4. The number of aliphatic imine (C=N–C) groups is 1. The number of halogens is 1. The van der Waals surface area contributed by atoms with Crippen LogP contribution >= 0.6 is 24.0 Å². The molecule has 0 unspecified atom stereocenters. The fraction of sp³-hybridized carbons (Fsp3) is 0.650. The molecule has 1 heterocycles. The van der Waals surface area contributed by atoms with Crippen LogP contribution in [0.1, 0.15) is 58.6 Å². The first-order valence-electron chi connectivity index (χ1n) is 9.90. The molecule has 0 atom stereocenters. The molecule has 4 N–H and O–H groups in total. The number of aliphatic hydroxyl groups is 1. The fourth-order valence-electron chi connectivity index (χ4n) is 2.89. The van der Waals surface area contributed by atoms with E-state index in [1.165, 1.54) is 0 Å². The third kappa shape index (κ3) is 10.8. The number of amides is 1. The van der Waals surface area contributed by atoms with Crippen molar-refractivity contribution in [2.45, 2.75) is 65.4 Å². The van der Waals surface area contributed by atoms with E-state index in [9.17, 15) is 9.90 Å². The summed E-state index contributed by atoms with van der Waals surface area (Å²) >= 11 is 0. The molecule has 28 heavy (non-hydrogen) atoms. The zero-order chi connectivity index (χ0) is 20.1. The Hall–Kier alpha value is -1.42. The minimum absolute atomic E-state index is 0. The second kappa shape index (κ2) is 14.6. The van der Waals surface area contributed by atoms with Crippen LogP contribution in [0.5, 0.6) is 0 Å². The zero-order valence-electron chi connectivity index (χ0n) is 17.5. The number of nitrogens with one attached hydrogen (secondary N) is 3. The van der Waals surface area contributed by atoms with E-state index in [1.54, 1.807) is 6.07 Å². The van der Waals surface area contributed by atoms with Gasteiger partial charge < -0.3 is 21.1 Å². The number of hydrogen-bond donors (Lipinski definition) is 4. The topological polar surface area (TPSA) is 98.6 Å². The quantitative estimate of drug-likeness (QED) is 0.210. The van der Waals surface area contributed by atoms with Crippen molar-refractivity contribution < 1.29 is 9.90 Å². The van der Waals surface area contributed by atoms with Crippen LogP contribution in [0, 0.1) is 6.92 Å². The second-order valence-corrected chi connectivity index (χ2v) is 6.81. The number of carbonyl (C=O) groups is 1. The van der Waals surface area contributed by atoms with Gasteiger partial charge >= 0.3 is 0 Å². The van der Waals surface area contributed by atoms with Gasteiger partial charge in [0, 0.05) is 25.2 Å². The monoisotopic (exact) mass is 505 g/mol. The third-order valence-electron chi connectivity index (χ3n) is 4.11. The molecule has 0 fully saturated rings. The Bertz CT molecular complexity index is 604. The van der Waals surface area contributed by atoms with Crippen molar-refractivity contribution in [1.29, 1.82) is 0 Å². The molecule has 8 heteroatoms. The smallest absolute Gasteiger partial charge is 0.227 e. The highest BCUT2D eigenvalue weighted by molar-refractivity contribution is 14.0. The lowest BCUT2D eigenvalue weighted by Crippen LogP contribution is -2.41. The number of anilines is 1. The van der Waals surface area contributed by atoms with Gasteiger partial charge in [-0.2, -0.15) is 0 Å². The maximum Gasteiger partial charge on any atom is 0.227 e. The largest absolute Gasteiger partial charge is 0.388 e. The third-order valence-corrected chi connectivity index (χ3v) is 4.11. The van der Waals surface area contributed by atoms with Crippen molar-refractivity contribution in [2.24, 2.45) is 4.99 Å². The maximum absolute atomic E-state index is 12.1. The molecule has 160 valence electrons. The Labute approximate surface area is 186 Å². The van der Waals surface area contributed by atoms with E-state index in [2.05, 4.69) is 39.8 Å². The summed E-state index contributed by atoms with van der Waals surface area (Å²) in [6.07, 6.45) is 3.60. The molecule has 0 saturated carbocycles. The predicted octanol–water partition coefficient (Wildman–Crippen LogP) is 3.22. The highest BCUT2D eigenvalue weighted by Gasteiger charge is 2.24. The summed E-state index contributed by atoms with van der Waals surface area (Å²) < 4.78 is 0. The van der Waals surface area contributed by atoms with E-state index in [0.29, 0.717) is 37.8 Å². The Kier molecular flexibility index (Phi) is 13.8. The Morgan fingerprint density at radius 1 is 1.18 bits per heavy atom. The van der Waals surface area contributed by atoms with Crippen LogP contribution in [0.3, 0.4) is 0 Å². The molecule has 0 aliphatic heterocycles. The summed E-state index contributed by atoms with van der Waals surface area (Å²) in [6.45, 7) is 9.51. The van der Waals surface area contributed by atoms with Gasteiger partial charge in [-0.25, -0.2) is 4.98 Å². The van der Waals surface area contributed by atoms with Crippen LogP contribution < -0.4 is 16.0 Å². The maximum atomic E-state index is 12.1. The lowest BCUT2D eigenvalue weighted by atomic mass is 9.93. The van der Waals surface area contributed by atoms with Crippen molar-refractivity contribution in [3.8, 4) is 0 Å². The van der Waals surface area contributed by atoms with Crippen molar-refractivity contribution in [3.05, 3.63) is 23.9 Å². The Balaban J connectivity index is 0.00000729. The van der Waals surface area contributed by atoms with E-state index in [0.717, 1.165) is 31.4 Å². The molecule has 0 saturated heterocycles. The van der Waals surface area contributed by atoms with Gasteiger partial charge in [-0.15, -0.1) is 24.0 Å². The number of guanidine groups is 1. The predicted molar refractivity (Wildman–Crippen MR) is 126 cm³/mol. The van der Waals surface area contributed by atoms with E-state index >= 15 is 0 Å². The minimum Gasteiger partial charge on any atom is -0.388 e. The zero-order valence-corrected chi connectivity index (χ0v) is 19.9. The number of aromatic nitrogens is 1. The SMILES string of the molecule is CCCC(O)(CCC)CN=C(NCC)NCCC(=O)Nc1cccc(C)n1.I. The lowest BCUT2D eigenvalue weighted by molar-refractivity contribution is -0.116. The van der Waals surface area contributed by atoms with Crippen LogP contribution in [0.25, 0.3) is 0 Å². The van der Waals surface area contributed by atoms with E-state index in [1.807, 2.05) is 26.0 Å². The molecule has 0 aliphatic rings.